The van der Waals surface area contributed by atoms with Gasteiger partial charge in [0.1, 0.15) is 5.82 Å². The highest BCUT2D eigenvalue weighted by molar-refractivity contribution is 5.78. The summed E-state index contributed by atoms with van der Waals surface area (Å²) in [6.45, 7) is 2.14. The zero-order valence-corrected chi connectivity index (χ0v) is 20.2. The molecule has 0 unspecified atom stereocenters. The molecule has 1 saturated carbocycles. The lowest BCUT2D eigenvalue weighted by Gasteiger charge is -2.43. The normalized spacial score (nSPS) is 18.1. The molecule has 1 aliphatic heterocycles. The molecule has 0 N–H and O–H groups in total. The highest BCUT2D eigenvalue weighted by Gasteiger charge is 2.31. The molecule has 0 bridgehead atoms. The number of amides is 1. The fraction of sp³-hybridized carbons (Fsp3) is 0.393. The third kappa shape index (κ3) is 5.56. The van der Waals surface area contributed by atoms with Gasteiger partial charge in [0.25, 0.3) is 0 Å². The molecule has 2 fully saturated rings. The van der Waals surface area contributed by atoms with E-state index >= 15 is 0 Å². The van der Waals surface area contributed by atoms with Crippen molar-refractivity contribution in [1.29, 1.82) is 0 Å². The maximum atomic E-state index is 13.3. The Labute approximate surface area is 206 Å². The van der Waals surface area contributed by atoms with Crippen LogP contribution in [0.25, 0.3) is 0 Å². The highest BCUT2D eigenvalue weighted by atomic mass is 16.5. The zero-order chi connectivity index (χ0) is 24.0. The Morgan fingerprint density at radius 2 is 1.80 bits per heavy atom. The lowest BCUT2D eigenvalue weighted by molar-refractivity contribution is -0.133. The van der Waals surface area contributed by atoms with Gasteiger partial charge in [-0.15, -0.1) is 0 Å². The van der Waals surface area contributed by atoms with E-state index in [-0.39, 0.29) is 24.5 Å². The predicted molar refractivity (Wildman–Crippen MR) is 135 cm³/mol. The van der Waals surface area contributed by atoms with Gasteiger partial charge in [0, 0.05) is 43.8 Å². The van der Waals surface area contributed by atoms with E-state index in [1.807, 2.05) is 29.2 Å². The summed E-state index contributed by atoms with van der Waals surface area (Å²) in [5, 5.41) is 0. The first-order valence-electron chi connectivity index (χ1n) is 12.4. The van der Waals surface area contributed by atoms with Gasteiger partial charge in [-0.2, -0.15) is 0 Å². The second kappa shape index (κ2) is 10.8. The van der Waals surface area contributed by atoms with Crippen molar-refractivity contribution in [2.45, 2.75) is 44.2 Å². The van der Waals surface area contributed by atoms with Crippen LogP contribution in [0.4, 0.5) is 5.69 Å². The molecule has 2 heterocycles. The number of rotatable bonds is 8. The summed E-state index contributed by atoms with van der Waals surface area (Å²) in [5.41, 5.74) is 2.31. The lowest BCUT2D eigenvalue weighted by atomic mass is 9.96. The first-order valence-corrected chi connectivity index (χ1v) is 12.4. The topological polar surface area (TPSA) is 67.8 Å². The molecule has 2 aliphatic rings. The van der Waals surface area contributed by atoms with Crippen molar-refractivity contribution >= 4 is 11.6 Å². The van der Waals surface area contributed by atoms with E-state index in [0.717, 1.165) is 49.5 Å². The first kappa shape index (κ1) is 23.1. The summed E-state index contributed by atoms with van der Waals surface area (Å²) in [4.78, 5) is 26.2. The summed E-state index contributed by atoms with van der Waals surface area (Å²) >= 11 is 0. The van der Waals surface area contributed by atoms with Crippen molar-refractivity contribution < 1.29 is 14.3 Å². The number of methoxy groups -OCH3 is 1. The Morgan fingerprint density at radius 3 is 2.51 bits per heavy atom. The monoisotopic (exact) mass is 472 g/mol. The van der Waals surface area contributed by atoms with Crippen LogP contribution in [-0.2, 0) is 17.6 Å². The zero-order valence-electron chi connectivity index (χ0n) is 20.2. The molecule has 1 saturated heterocycles. The number of anilines is 1. The molecule has 2 aromatic carbocycles. The third-order valence-corrected chi connectivity index (χ3v) is 6.90. The number of carbonyl (C=O) groups is 1. The van der Waals surface area contributed by atoms with Gasteiger partial charge in [-0.3, -0.25) is 4.79 Å². The fourth-order valence-electron chi connectivity index (χ4n) is 4.76. The number of carbonyl (C=O) groups excluding carboxylic acids is 1. The van der Waals surface area contributed by atoms with Crippen LogP contribution in [0.15, 0.2) is 67.0 Å². The van der Waals surface area contributed by atoms with E-state index in [9.17, 15) is 4.79 Å². The Kier molecular flexibility index (Phi) is 7.12. The van der Waals surface area contributed by atoms with E-state index in [4.69, 9.17) is 9.47 Å². The molecule has 5 rings (SSSR count). The molecule has 0 spiro atoms. The standard InChI is InChI=1S/C28H32N4O3/c1-34-25-12-11-22(18-26(25)35-24-9-5-10-24)31-15-16-32(28(33)19-27-29-13-6-14-30-27)23(20-31)17-21-7-3-2-4-8-21/h2-4,6-8,11-14,18,23-24H,5,9-10,15-17,19-20H2,1H3/t23-/m0/s1. The average Bonchev–Trinajstić information content (AvgIpc) is 2.87. The van der Waals surface area contributed by atoms with Crippen LogP contribution in [0.2, 0.25) is 0 Å². The molecule has 3 aromatic rings. The lowest BCUT2D eigenvalue weighted by Crippen LogP contribution is -2.56. The number of nitrogens with zero attached hydrogens (tertiary/aromatic N) is 4. The van der Waals surface area contributed by atoms with Crippen molar-refractivity contribution in [3.8, 4) is 11.5 Å². The van der Waals surface area contributed by atoms with Gasteiger partial charge in [-0.1, -0.05) is 30.3 Å². The number of ether oxygens (including phenoxy) is 2. The highest BCUT2D eigenvalue weighted by Crippen LogP contribution is 2.36. The summed E-state index contributed by atoms with van der Waals surface area (Å²) < 4.78 is 11.8. The van der Waals surface area contributed by atoms with Crippen molar-refractivity contribution in [2.75, 3.05) is 31.6 Å². The molecule has 7 nitrogen and oxygen atoms in total. The van der Waals surface area contributed by atoms with E-state index in [0.29, 0.717) is 12.4 Å². The Balaban J connectivity index is 1.35. The van der Waals surface area contributed by atoms with Gasteiger partial charge < -0.3 is 19.3 Å². The smallest absolute Gasteiger partial charge is 0.230 e. The largest absolute Gasteiger partial charge is 0.493 e. The number of hydrogen-bond acceptors (Lipinski definition) is 6. The summed E-state index contributed by atoms with van der Waals surface area (Å²) in [7, 11) is 1.68. The Morgan fingerprint density at radius 1 is 1.00 bits per heavy atom. The minimum atomic E-state index is 0.0421. The van der Waals surface area contributed by atoms with Gasteiger partial charge in [-0.25, -0.2) is 9.97 Å². The van der Waals surface area contributed by atoms with E-state index < -0.39 is 0 Å². The van der Waals surface area contributed by atoms with Crippen molar-refractivity contribution in [3.63, 3.8) is 0 Å². The van der Waals surface area contributed by atoms with Gasteiger partial charge in [0.15, 0.2) is 11.5 Å². The van der Waals surface area contributed by atoms with Crippen LogP contribution in [0.1, 0.15) is 30.7 Å². The third-order valence-electron chi connectivity index (χ3n) is 6.90. The van der Waals surface area contributed by atoms with Gasteiger partial charge >= 0.3 is 0 Å². The molecular weight excluding hydrogens is 440 g/mol. The SMILES string of the molecule is COc1ccc(N2CCN(C(=O)Cc3ncccn3)[C@@H](Cc3ccccc3)C2)cc1OC1CCC1. The van der Waals surface area contributed by atoms with E-state index in [2.05, 4.69) is 39.1 Å². The molecule has 1 atom stereocenters. The van der Waals surface area contributed by atoms with E-state index in [1.54, 1.807) is 25.6 Å². The Hall–Kier alpha value is -3.61. The molecular formula is C28H32N4O3. The van der Waals surface area contributed by atoms with E-state index in [1.165, 1.54) is 12.0 Å². The molecule has 1 amide bonds. The summed E-state index contributed by atoms with van der Waals surface area (Å²) in [5.74, 6) is 2.19. The van der Waals surface area contributed by atoms with Crippen molar-refractivity contribution in [1.82, 2.24) is 14.9 Å². The summed E-state index contributed by atoms with van der Waals surface area (Å²) in [6.07, 6.45) is 8.06. The predicted octanol–water partition coefficient (Wildman–Crippen LogP) is 3.92. The van der Waals surface area contributed by atoms with Gasteiger partial charge in [-0.05, 0) is 49.4 Å². The Bertz CT molecular complexity index is 1120. The fourth-order valence-corrected chi connectivity index (χ4v) is 4.76. The molecule has 1 aromatic heterocycles. The number of hydrogen-bond donors (Lipinski definition) is 0. The second-order valence-corrected chi connectivity index (χ2v) is 9.22. The van der Waals surface area contributed by atoms with Crippen LogP contribution in [0, 0.1) is 0 Å². The quantitative estimate of drug-likeness (QED) is 0.495. The minimum absolute atomic E-state index is 0.0421. The number of benzene rings is 2. The van der Waals surface area contributed by atoms with Crippen molar-refractivity contribution in [3.05, 3.63) is 78.4 Å². The van der Waals surface area contributed by atoms with Crippen LogP contribution >= 0.6 is 0 Å². The summed E-state index contributed by atoms with van der Waals surface area (Å²) in [6, 6.07) is 18.3. The van der Waals surface area contributed by atoms with Crippen molar-refractivity contribution in [2.24, 2.45) is 0 Å². The van der Waals surface area contributed by atoms with Crippen LogP contribution < -0.4 is 14.4 Å². The molecule has 0 radical (unpaired) electrons. The van der Waals surface area contributed by atoms with Gasteiger partial charge in [0.2, 0.25) is 5.91 Å². The molecule has 7 heteroatoms. The molecule has 182 valence electrons. The average molecular weight is 473 g/mol. The van der Waals surface area contributed by atoms with Crippen LogP contribution in [0.3, 0.4) is 0 Å². The van der Waals surface area contributed by atoms with Crippen LogP contribution in [-0.4, -0.2) is 59.7 Å². The minimum Gasteiger partial charge on any atom is -0.493 e. The maximum Gasteiger partial charge on any atom is 0.230 e. The number of aromatic nitrogens is 2. The maximum absolute atomic E-state index is 13.3. The van der Waals surface area contributed by atoms with Crippen LogP contribution in [0.5, 0.6) is 11.5 Å². The molecule has 35 heavy (non-hydrogen) atoms. The van der Waals surface area contributed by atoms with Gasteiger partial charge in [0.05, 0.1) is 25.7 Å². The molecule has 1 aliphatic carbocycles. The number of piperazine rings is 1. The first-order chi connectivity index (χ1) is 17.2. The second-order valence-electron chi connectivity index (χ2n) is 9.22.